The molecule has 1 fully saturated rings. The zero-order chi connectivity index (χ0) is 17.9. The monoisotopic (exact) mass is 348 g/mol. The molecule has 1 rings (SSSR count). The first-order valence-electron chi connectivity index (χ1n) is 7.80. The molecular weight excluding hydrogens is 326 g/mol. The number of halogens is 6. The topological polar surface area (TPSA) is 37.3 Å². The molecule has 0 spiro atoms. The first kappa shape index (κ1) is 20.3. The number of ketones is 1. The molecule has 1 aliphatic carbocycles. The maximum Gasteiger partial charge on any atom is 0.426 e. The number of hydrogen-bond donors (Lipinski definition) is 1. The third kappa shape index (κ3) is 4.84. The average molecular weight is 348 g/mol. The highest BCUT2D eigenvalue weighted by atomic mass is 19.4. The quantitative estimate of drug-likeness (QED) is 0.700. The van der Waals surface area contributed by atoms with Crippen LogP contribution in [0.15, 0.2) is 0 Å². The molecule has 1 aliphatic rings. The van der Waals surface area contributed by atoms with E-state index < -0.39 is 24.4 Å². The van der Waals surface area contributed by atoms with Gasteiger partial charge >= 0.3 is 12.4 Å². The highest BCUT2D eigenvalue weighted by Crippen LogP contribution is 2.46. The standard InChI is InChI=1S/C15H22F6O2/c1-2-4-11-9-12(22)7-6-10(11)5-3-8-13(23,14(16,17)18)15(19,20)21/h10-11,23H,2-9H2,1H3. The van der Waals surface area contributed by atoms with Crippen molar-refractivity contribution in [1.82, 2.24) is 0 Å². The molecule has 8 heteroatoms. The highest BCUT2D eigenvalue weighted by Gasteiger charge is 2.69. The van der Waals surface area contributed by atoms with Crippen LogP contribution in [0.2, 0.25) is 0 Å². The molecule has 0 aromatic heterocycles. The molecule has 23 heavy (non-hydrogen) atoms. The lowest BCUT2D eigenvalue weighted by molar-refractivity contribution is -0.370. The second-order valence-electron chi connectivity index (χ2n) is 6.34. The Balaban J connectivity index is 2.67. The number of Topliss-reactive ketones (excluding diaryl/α,β-unsaturated/α-hetero) is 1. The van der Waals surface area contributed by atoms with Crippen molar-refractivity contribution in [3.8, 4) is 0 Å². The summed E-state index contributed by atoms with van der Waals surface area (Å²) in [4.78, 5) is 11.5. The van der Waals surface area contributed by atoms with E-state index in [0.29, 0.717) is 19.3 Å². The van der Waals surface area contributed by atoms with Crippen molar-refractivity contribution in [3.63, 3.8) is 0 Å². The van der Waals surface area contributed by atoms with E-state index in [1.54, 1.807) is 0 Å². The third-order valence-electron chi connectivity index (χ3n) is 4.66. The van der Waals surface area contributed by atoms with E-state index in [0.717, 1.165) is 12.8 Å². The lowest BCUT2D eigenvalue weighted by Crippen LogP contribution is -2.56. The van der Waals surface area contributed by atoms with Gasteiger partial charge in [-0.25, -0.2) is 0 Å². The van der Waals surface area contributed by atoms with E-state index in [1.807, 2.05) is 6.92 Å². The van der Waals surface area contributed by atoms with Gasteiger partial charge in [-0.2, -0.15) is 26.3 Å². The van der Waals surface area contributed by atoms with Crippen LogP contribution in [0.1, 0.15) is 58.3 Å². The minimum Gasteiger partial charge on any atom is -0.374 e. The maximum absolute atomic E-state index is 12.6. The summed E-state index contributed by atoms with van der Waals surface area (Å²) in [5.41, 5.74) is -4.66. The second kappa shape index (κ2) is 7.40. The van der Waals surface area contributed by atoms with Crippen LogP contribution in [-0.2, 0) is 4.79 Å². The molecular formula is C15H22F6O2. The lowest BCUT2D eigenvalue weighted by Gasteiger charge is -2.34. The Bertz CT molecular complexity index is 388. The summed E-state index contributed by atoms with van der Waals surface area (Å²) in [6.45, 7) is 1.92. The van der Waals surface area contributed by atoms with Crippen LogP contribution in [0, 0.1) is 11.8 Å². The number of carbonyl (C=O) groups excluding carboxylic acids is 1. The van der Waals surface area contributed by atoms with Gasteiger partial charge < -0.3 is 5.11 Å². The summed E-state index contributed by atoms with van der Waals surface area (Å²) in [6, 6.07) is 0. The first-order chi connectivity index (χ1) is 10.4. The van der Waals surface area contributed by atoms with Gasteiger partial charge in [0.25, 0.3) is 5.60 Å². The number of aliphatic hydroxyl groups is 1. The Labute approximate surface area is 131 Å². The summed E-state index contributed by atoms with van der Waals surface area (Å²) in [5, 5.41) is 9.12. The molecule has 2 nitrogen and oxygen atoms in total. The molecule has 2 unspecified atom stereocenters. The molecule has 0 aromatic rings. The Morgan fingerprint density at radius 3 is 2.09 bits per heavy atom. The summed E-state index contributed by atoms with van der Waals surface area (Å²) >= 11 is 0. The van der Waals surface area contributed by atoms with Gasteiger partial charge in [-0.3, -0.25) is 4.79 Å². The van der Waals surface area contributed by atoms with Gasteiger partial charge in [-0.1, -0.05) is 26.2 Å². The minimum absolute atomic E-state index is 0.0196. The Hall–Kier alpha value is -0.790. The molecule has 2 atom stereocenters. The van der Waals surface area contributed by atoms with Crippen LogP contribution in [-0.4, -0.2) is 28.8 Å². The van der Waals surface area contributed by atoms with Crippen molar-refractivity contribution in [2.24, 2.45) is 11.8 Å². The average Bonchev–Trinajstić information content (AvgIpc) is 2.38. The fourth-order valence-corrected chi connectivity index (χ4v) is 3.30. The summed E-state index contributed by atoms with van der Waals surface area (Å²) in [7, 11) is 0. The predicted molar refractivity (Wildman–Crippen MR) is 71.7 cm³/mol. The van der Waals surface area contributed by atoms with Crippen LogP contribution in [0.5, 0.6) is 0 Å². The maximum atomic E-state index is 12.6. The highest BCUT2D eigenvalue weighted by molar-refractivity contribution is 5.79. The van der Waals surface area contributed by atoms with Gasteiger partial charge in [0, 0.05) is 12.8 Å². The SMILES string of the molecule is CCCC1CC(=O)CCC1CCCC(O)(C(F)(F)F)C(F)(F)F. The normalized spacial score (nSPS) is 24.1. The predicted octanol–water partition coefficient (Wildman–Crippen LogP) is 4.80. The van der Waals surface area contributed by atoms with Crippen LogP contribution in [0.3, 0.4) is 0 Å². The third-order valence-corrected chi connectivity index (χ3v) is 4.66. The molecule has 136 valence electrons. The van der Waals surface area contributed by atoms with E-state index in [2.05, 4.69) is 0 Å². The molecule has 0 heterocycles. The van der Waals surface area contributed by atoms with Crippen molar-refractivity contribution in [2.75, 3.05) is 0 Å². The number of rotatable bonds is 6. The smallest absolute Gasteiger partial charge is 0.374 e. The largest absolute Gasteiger partial charge is 0.426 e. The molecule has 1 saturated carbocycles. The summed E-state index contributed by atoms with van der Waals surface area (Å²) in [6.07, 6.45) is -10.4. The lowest BCUT2D eigenvalue weighted by atomic mass is 9.74. The van der Waals surface area contributed by atoms with Crippen molar-refractivity contribution in [3.05, 3.63) is 0 Å². The van der Waals surface area contributed by atoms with Gasteiger partial charge in [0.1, 0.15) is 5.78 Å². The Morgan fingerprint density at radius 1 is 1.04 bits per heavy atom. The van der Waals surface area contributed by atoms with Crippen molar-refractivity contribution < 1.29 is 36.2 Å². The van der Waals surface area contributed by atoms with Crippen molar-refractivity contribution in [2.45, 2.75) is 76.2 Å². The van der Waals surface area contributed by atoms with Gasteiger partial charge in [-0.05, 0) is 31.1 Å². The van der Waals surface area contributed by atoms with Crippen molar-refractivity contribution >= 4 is 5.78 Å². The zero-order valence-corrected chi connectivity index (χ0v) is 12.9. The van der Waals surface area contributed by atoms with E-state index in [4.69, 9.17) is 5.11 Å². The molecule has 0 bridgehead atoms. The van der Waals surface area contributed by atoms with Crippen LogP contribution in [0.25, 0.3) is 0 Å². The molecule has 0 amide bonds. The van der Waals surface area contributed by atoms with Gasteiger partial charge in [0.05, 0.1) is 0 Å². The molecule has 0 saturated heterocycles. The molecule has 0 aromatic carbocycles. The zero-order valence-electron chi connectivity index (χ0n) is 12.9. The number of alkyl halides is 6. The first-order valence-corrected chi connectivity index (χ1v) is 7.80. The van der Waals surface area contributed by atoms with Crippen LogP contribution in [0.4, 0.5) is 26.3 Å². The summed E-state index contributed by atoms with van der Waals surface area (Å²) in [5.74, 6) is 0.0614. The number of hydrogen-bond acceptors (Lipinski definition) is 2. The van der Waals surface area contributed by atoms with Crippen LogP contribution >= 0.6 is 0 Å². The Morgan fingerprint density at radius 2 is 1.61 bits per heavy atom. The van der Waals surface area contributed by atoms with E-state index >= 15 is 0 Å². The Kier molecular flexibility index (Phi) is 6.52. The minimum atomic E-state index is -5.75. The van der Waals surface area contributed by atoms with Gasteiger partial charge in [0.2, 0.25) is 0 Å². The number of carbonyl (C=O) groups is 1. The fraction of sp³-hybridized carbons (Fsp3) is 0.933. The van der Waals surface area contributed by atoms with Gasteiger partial charge in [0.15, 0.2) is 0 Å². The van der Waals surface area contributed by atoms with Gasteiger partial charge in [-0.15, -0.1) is 0 Å². The second-order valence-corrected chi connectivity index (χ2v) is 6.34. The molecule has 1 N–H and O–H groups in total. The molecule has 0 radical (unpaired) electrons. The van der Waals surface area contributed by atoms with Crippen molar-refractivity contribution in [1.29, 1.82) is 0 Å². The summed E-state index contributed by atoms with van der Waals surface area (Å²) < 4.78 is 75.6. The molecule has 0 aliphatic heterocycles. The van der Waals surface area contributed by atoms with E-state index in [9.17, 15) is 31.1 Å². The van der Waals surface area contributed by atoms with E-state index in [-0.39, 0.29) is 30.5 Å². The van der Waals surface area contributed by atoms with Crippen LogP contribution < -0.4 is 0 Å². The fourth-order valence-electron chi connectivity index (χ4n) is 3.30. The van der Waals surface area contributed by atoms with E-state index in [1.165, 1.54) is 0 Å².